The fraction of sp³-hybridized carbons (Fsp3) is 0. The molecule has 4 nitrogen and oxygen atoms in total. The van der Waals surface area contributed by atoms with Crippen LogP contribution in [0.1, 0.15) is 20.7 Å². The normalized spacial score (nSPS) is 14.1. The first-order chi connectivity index (χ1) is 7.68. The van der Waals surface area contributed by atoms with Crippen molar-refractivity contribution in [1.82, 2.24) is 4.98 Å². The van der Waals surface area contributed by atoms with Crippen LogP contribution < -0.4 is 0 Å². The summed E-state index contributed by atoms with van der Waals surface area (Å²) in [6, 6.07) is 6.96. The molecule has 2 aromatic rings. The molecule has 16 heavy (non-hydrogen) atoms. The first kappa shape index (κ1) is 9.30. The lowest BCUT2D eigenvalue weighted by molar-refractivity contribution is 0.0444. The van der Waals surface area contributed by atoms with Crippen LogP contribution in [0, 0.1) is 0 Å². The molecule has 0 spiro atoms. The van der Waals surface area contributed by atoms with Crippen LogP contribution in [0.4, 0.5) is 0 Å². The Kier molecular flexibility index (Phi) is 1.76. The highest BCUT2D eigenvalue weighted by Gasteiger charge is 2.34. The van der Waals surface area contributed by atoms with Crippen LogP contribution in [-0.4, -0.2) is 16.9 Å². The monoisotopic (exact) mass is 233 g/mol. The van der Waals surface area contributed by atoms with Gasteiger partial charge in [-0.15, -0.1) is 0 Å². The molecule has 0 saturated carbocycles. The molecule has 3 rings (SSSR count). The smallest absolute Gasteiger partial charge is 0.350 e. The molecule has 0 atom stereocenters. The van der Waals surface area contributed by atoms with Crippen molar-refractivity contribution in [1.29, 1.82) is 0 Å². The predicted octanol–water partition coefficient (Wildman–Crippen LogP) is 2.20. The van der Waals surface area contributed by atoms with E-state index in [9.17, 15) is 9.59 Å². The van der Waals surface area contributed by atoms with Gasteiger partial charge in [-0.05, 0) is 6.07 Å². The molecular formula is C11H4ClNO3. The molecule has 1 aliphatic rings. The lowest BCUT2D eigenvalue weighted by atomic mass is 10.1. The molecule has 0 aliphatic carbocycles. The van der Waals surface area contributed by atoms with E-state index in [1.165, 1.54) is 0 Å². The van der Waals surface area contributed by atoms with Crippen LogP contribution in [0.2, 0.25) is 5.15 Å². The third-order valence-electron chi connectivity index (χ3n) is 2.44. The molecule has 0 amide bonds. The SMILES string of the molecule is O=C1OC(=O)c2c1c(Cl)nc1ccccc21. The molecule has 0 radical (unpaired) electrons. The highest BCUT2D eigenvalue weighted by atomic mass is 35.5. The summed E-state index contributed by atoms with van der Waals surface area (Å²) in [4.78, 5) is 26.9. The number of nitrogens with zero attached hydrogens (tertiary/aromatic N) is 1. The summed E-state index contributed by atoms with van der Waals surface area (Å²) in [7, 11) is 0. The molecule has 0 saturated heterocycles. The van der Waals surface area contributed by atoms with Gasteiger partial charge in [-0.1, -0.05) is 29.8 Å². The van der Waals surface area contributed by atoms with E-state index in [1.807, 2.05) is 0 Å². The quantitative estimate of drug-likeness (QED) is 0.398. The number of carbonyl (C=O) groups is 2. The van der Waals surface area contributed by atoms with Crippen LogP contribution in [0.25, 0.3) is 10.9 Å². The van der Waals surface area contributed by atoms with E-state index in [0.717, 1.165) is 0 Å². The van der Waals surface area contributed by atoms with Gasteiger partial charge in [-0.25, -0.2) is 14.6 Å². The van der Waals surface area contributed by atoms with Crippen molar-refractivity contribution in [2.24, 2.45) is 0 Å². The number of ether oxygens (including phenoxy) is 1. The van der Waals surface area contributed by atoms with Gasteiger partial charge < -0.3 is 4.74 Å². The van der Waals surface area contributed by atoms with Gasteiger partial charge in [0.15, 0.2) is 0 Å². The molecule has 78 valence electrons. The summed E-state index contributed by atoms with van der Waals surface area (Å²) in [5, 5.41) is 0.585. The van der Waals surface area contributed by atoms with Crippen molar-refractivity contribution in [3.63, 3.8) is 0 Å². The maximum atomic E-state index is 11.5. The van der Waals surface area contributed by atoms with E-state index in [4.69, 9.17) is 11.6 Å². The van der Waals surface area contributed by atoms with Crippen LogP contribution in [0.3, 0.4) is 0 Å². The van der Waals surface area contributed by atoms with Gasteiger partial charge >= 0.3 is 11.9 Å². The molecule has 1 aromatic carbocycles. The largest absolute Gasteiger partial charge is 0.386 e. The molecule has 0 unspecified atom stereocenters. The highest BCUT2D eigenvalue weighted by molar-refractivity contribution is 6.36. The summed E-state index contributed by atoms with van der Waals surface area (Å²) in [5.41, 5.74) is 0.837. The second-order valence-electron chi connectivity index (χ2n) is 3.35. The van der Waals surface area contributed by atoms with E-state index in [2.05, 4.69) is 9.72 Å². The topological polar surface area (TPSA) is 56.3 Å². The minimum Gasteiger partial charge on any atom is -0.386 e. The van der Waals surface area contributed by atoms with Gasteiger partial charge in [-0.2, -0.15) is 0 Å². The number of aromatic nitrogens is 1. The van der Waals surface area contributed by atoms with Crippen molar-refractivity contribution in [2.75, 3.05) is 0 Å². The number of hydrogen-bond donors (Lipinski definition) is 0. The number of cyclic esters (lactones) is 2. The van der Waals surface area contributed by atoms with Gasteiger partial charge in [-0.3, -0.25) is 0 Å². The Morgan fingerprint density at radius 1 is 1.06 bits per heavy atom. The molecule has 1 aliphatic heterocycles. The van der Waals surface area contributed by atoms with Gasteiger partial charge in [0.1, 0.15) is 10.7 Å². The number of rotatable bonds is 0. The minimum atomic E-state index is -0.733. The number of halogens is 1. The molecule has 5 heteroatoms. The van der Waals surface area contributed by atoms with Crippen molar-refractivity contribution >= 4 is 34.4 Å². The van der Waals surface area contributed by atoms with Gasteiger partial charge in [0.2, 0.25) is 0 Å². The molecule has 1 aromatic heterocycles. The predicted molar refractivity (Wildman–Crippen MR) is 56.5 cm³/mol. The second kappa shape index (κ2) is 3.02. The maximum Gasteiger partial charge on any atom is 0.350 e. The Bertz CT molecular complexity index is 651. The Hall–Kier alpha value is -1.94. The summed E-state index contributed by atoms with van der Waals surface area (Å²) in [5.74, 6) is -1.40. The zero-order valence-electron chi connectivity index (χ0n) is 7.86. The van der Waals surface area contributed by atoms with E-state index in [1.54, 1.807) is 24.3 Å². The third-order valence-corrected chi connectivity index (χ3v) is 2.72. The average Bonchev–Trinajstić information content (AvgIpc) is 2.55. The van der Waals surface area contributed by atoms with Crippen LogP contribution in [0.5, 0.6) is 0 Å². The Balaban J connectivity index is 2.54. The Morgan fingerprint density at radius 2 is 1.75 bits per heavy atom. The van der Waals surface area contributed by atoms with Crippen LogP contribution >= 0.6 is 11.6 Å². The van der Waals surface area contributed by atoms with Crippen LogP contribution in [0.15, 0.2) is 24.3 Å². The number of hydrogen-bond acceptors (Lipinski definition) is 4. The first-order valence-corrected chi connectivity index (χ1v) is 4.91. The van der Waals surface area contributed by atoms with E-state index < -0.39 is 11.9 Å². The summed E-state index contributed by atoms with van der Waals surface area (Å²) in [6.45, 7) is 0. The fourth-order valence-corrected chi connectivity index (χ4v) is 2.03. The molecule has 0 bridgehead atoms. The molecule has 0 N–H and O–H groups in total. The second-order valence-corrected chi connectivity index (χ2v) is 3.70. The van der Waals surface area contributed by atoms with Crippen molar-refractivity contribution in [2.45, 2.75) is 0 Å². The van der Waals surface area contributed by atoms with Crippen LogP contribution in [-0.2, 0) is 4.74 Å². The number of benzene rings is 1. The summed E-state index contributed by atoms with van der Waals surface area (Å²) in [6.07, 6.45) is 0. The van der Waals surface area contributed by atoms with Gasteiger partial charge in [0, 0.05) is 5.39 Å². The third kappa shape index (κ3) is 1.07. The van der Waals surface area contributed by atoms with E-state index >= 15 is 0 Å². The standard InChI is InChI=1S/C11H4ClNO3/c12-9-8-7(10(14)16-11(8)15)5-3-1-2-4-6(5)13-9/h1-4H. The Morgan fingerprint density at radius 3 is 2.56 bits per heavy atom. The molecule has 2 heterocycles. The number of esters is 2. The lowest BCUT2D eigenvalue weighted by Crippen LogP contribution is -1.97. The average molecular weight is 234 g/mol. The van der Waals surface area contributed by atoms with Crippen molar-refractivity contribution in [3.05, 3.63) is 40.5 Å². The first-order valence-electron chi connectivity index (χ1n) is 4.53. The maximum absolute atomic E-state index is 11.5. The van der Waals surface area contributed by atoms with Crippen molar-refractivity contribution in [3.8, 4) is 0 Å². The lowest BCUT2D eigenvalue weighted by Gasteiger charge is -2.01. The number of fused-ring (bicyclic) bond motifs is 3. The number of para-hydroxylation sites is 1. The zero-order valence-corrected chi connectivity index (χ0v) is 8.62. The Labute approximate surface area is 94.8 Å². The molecule has 0 fully saturated rings. The summed E-state index contributed by atoms with van der Waals surface area (Å²) < 4.78 is 4.52. The van der Waals surface area contributed by atoms with E-state index in [0.29, 0.717) is 10.9 Å². The fourth-order valence-electron chi connectivity index (χ4n) is 1.77. The van der Waals surface area contributed by atoms with Gasteiger partial charge in [0.05, 0.1) is 11.1 Å². The molecular weight excluding hydrogens is 230 g/mol. The number of pyridine rings is 1. The number of carbonyl (C=O) groups excluding carboxylic acids is 2. The summed E-state index contributed by atoms with van der Waals surface area (Å²) >= 11 is 5.84. The zero-order chi connectivity index (χ0) is 11.3. The van der Waals surface area contributed by atoms with Crippen molar-refractivity contribution < 1.29 is 14.3 Å². The highest BCUT2D eigenvalue weighted by Crippen LogP contribution is 2.31. The van der Waals surface area contributed by atoms with E-state index in [-0.39, 0.29) is 16.3 Å². The minimum absolute atomic E-state index is 0.00421. The van der Waals surface area contributed by atoms with Gasteiger partial charge in [0.25, 0.3) is 0 Å².